The number of carbonyl (C=O) groups is 2. The number of rotatable bonds is 65. The van der Waals surface area contributed by atoms with Gasteiger partial charge in [0.1, 0.15) is 6.61 Å². The zero-order valence-electron chi connectivity index (χ0n) is 53.0. The molecule has 0 aromatic heterocycles. The van der Waals surface area contributed by atoms with Gasteiger partial charge in [-0.1, -0.05) is 331 Å². The molecule has 0 bridgehead atoms. The third-order valence-electron chi connectivity index (χ3n) is 15.1. The van der Waals surface area contributed by atoms with Crippen LogP contribution in [0.4, 0.5) is 0 Å². The number of phosphoric ester groups is 1. The lowest BCUT2D eigenvalue weighted by atomic mass is 10.0. The third-order valence-corrected chi connectivity index (χ3v) is 16.1. The van der Waals surface area contributed by atoms with Gasteiger partial charge in [-0.25, -0.2) is 4.57 Å². The number of unbranched alkanes of at least 4 members (excludes halogenated alkanes) is 40. The van der Waals surface area contributed by atoms with Crippen LogP contribution in [-0.2, 0) is 32.7 Å². The molecule has 0 spiro atoms. The molecule has 3 N–H and O–H groups in total. The molecule has 9 nitrogen and oxygen atoms in total. The first-order valence-corrected chi connectivity index (χ1v) is 35.9. The summed E-state index contributed by atoms with van der Waals surface area (Å²) in [6.45, 7) is 3.68. The van der Waals surface area contributed by atoms with Crippen LogP contribution in [0.5, 0.6) is 0 Å². The summed E-state index contributed by atoms with van der Waals surface area (Å²) in [5, 5.41) is 0. The number of hydrogen-bond donors (Lipinski definition) is 2. The second-order valence-corrected chi connectivity index (χ2v) is 24.5. The molecular weight excluding hydrogens is 1030 g/mol. The van der Waals surface area contributed by atoms with E-state index in [-0.39, 0.29) is 38.6 Å². The molecule has 0 aliphatic carbocycles. The van der Waals surface area contributed by atoms with Gasteiger partial charge in [-0.15, -0.1) is 0 Å². The van der Waals surface area contributed by atoms with Gasteiger partial charge in [-0.3, -0.25) is 18.6 Å². The molecule has 0 aromatic rings. The largest absolute Gasteiger partial charge is 0.472 e. The maximum atomic E-state index is 12.8. The van der Waals surface area contributed by atoms with Gasteiger partial charge in [0.25, 0.3) is 0 Å². The Labute approximate surface area is 501 Å². The predicted molar refractivity (Wildman–Crippen MR) is 349 cm³/mol. The first-order valence-electron chi connectivity index (χ1n) is 34.4. The highest BCUT2D eigenvalue weighted by molar-refractivity contribution is 7.47. The minimum atomic E-state index is -4.39. The topological polar surface area (TPSA) is 134 Å². The lowest BCUT2D eigenvalue weighted by Crippen LogP contribution is -2.29. The van der Waals surface area contributed by atoms with E-state index in [1.54, 1.807) is 0 Å². The van der Waals surface area contributed by atoms with Gasteiger partial charge >= 0.3 is 19.8 Å². The summed E-state index contributed by atoms with van der Waals surface area (Å²) in [5.41, 5.74) is 5.40. The Morgan fingerprint density at radius 2 is 0.679 bits per heavy atom. The number of esters is 2. The number of nitrogens with two attached hydrogens (primary N) is 1. The Balaban J connectivity index is 3.87. The maximum Gasteiger partial charge on any atom is 0.472 e. The van der Waals surface area contributed by atoms with Gasteiger partial charge < -0.3 is 20.1 Å². The lowest BCUT2D eigenvalue weighted by molar-refractivity contribution is -0.161. The SMILES string of the molecule is CC/C=C\C/C=C\C/C=C\C/C=C\C/C=C\C/C=C\CCCCCCCCCCCCCCC(=O)OC(COC(=O)CCCCCCCCCCCCCCCCCCCCCCCCCCCCCCC)COP(=O)(O)OCCN. The van der Waals surface area contributed by atoms with Crippen molar-refractivity contribution in [3.05, 3.63) is 72.9 Å². The fourth-order valence-corrected chi connectivity index (χ4v) is 10.8. The van der Waals surface area contributed by atoms with Crippen LogP contribution in [-0.4, -0.2) is 49.3 Å². The zero-order chi connectivity index (χ0) is 58.7. The highest BCUT2D eigenvalue weighted by Crippen LogP contribution is 2.43. The van der Waals surface area contributed by atoms with Crippen LogP contribution in [0.1, 0.15) is 335 Å². The molecule has 2 atom stereocenters. The summed E-state index contributed by atoms with van der Waals surface area (Å²) in [5.74, 6) is -0.816. The minimum Gasteiger partial charge on any atom is -0.462 e. The number of carbonyl (C=O) groups excluding carboxylic acids is 2. The number of phosphoric acid groups is 1. The van der Waals surface area contributed by atoms with Gasteiger partial charge in [0.2, 0.25) is 0 Å². The van der Waals surface area contributed by atoms with Gasteiger partial charge in [0, 0.05) is 19.4 Å². The highest BCUT2D eigenvalue weighted by atomic mass is 31.2. The maximum absolute atomic E-state index is 12.8. The highest BCUT2D eigenvalue weighted by Gasteiger charge is 2.26. The van der Waals surface area contributed by atoms with Gasteiger partial charge in [-0.2, -0.15) is 0 Å². The van der Waals surface area contributed by atoms with Crippen molar-refractivity contribution in [2.45, 2.75) is 341 Å². The minimum absolute atomic E-state index is 0.0525. The lowest BCUT2D eigenvalue weighted by Gasteiger charge is -2.19. The van der Waals surface area contributed by atoms with Gasteiger partial charge in [0.15, 0.2) is 6.10 Å². The Bertz CT molecular complexity index is 1560. The third kappa shape index (κ3) is 66.5. The van der Waals surface area contributed by atoms with Crippen LogP contribution < -0.4 is 5.73 Å². The van der Waals surface area contributed by atoms with Crippen molar-refractivity contribution in [1.82, 2.24) is 0 Å². The van der Waals surface area contributed by atoms with Crippen LogP contribution in [0.15, 0.2) is 72.9 Å². The Morgan fingerprint density at radius 1 is 0.383 bits per heavy atom. The van der Waals surface area contributed by atoms with E-state index in [1.165, 1.54) is 225 Å². The van der Waals surface area contributed by atoms with Crippen molar-refractivity contribution < 1.29 is 37.6 Å². The molecule has 0 aliphatic heterocycles. The van der Waals surface area contributed by atoms with Crippen LogP contribution in [0.2, 0.25) is 0 Å². The Morgan fingerprint density at radius 3 is 1.01 bits per heavy atom. The molecule has 0 aromatic carbocycles. The Hall–Kier alpha value is -2.55. The van der Waals surface area contributed by atoms with Crippen LogP contribution in [0, 0.1) is 0 Å². The molecule has 0 amide bonds. The molecule has 0 fully saturated rings. The van der Waals surface area contributed by atoms with Gasteiger partial charge in [-0.05, 0) is 64.2 Å². The quantitative estimate of drug-likeness (QED) is 0.0264. The van der Waals surface area contributed by atoms with E-state index in [0.717, 1.165) is 77.0 Å². The average Bonchev–Trinajstić information content (AvgIpc) is 3.46. The fourth-order valence-electron chi connectivity index (χ4n) is 10.1. The van der Waals surface area contributed by atoms with E-state index < -0.39 is 26.5 Å². The summed E-state index contributed by atoms with van der Waals surface area (Å²) in [4.78, 5) is 35.3. The molecule has 0 rings (SSSR count). The van der Waals surface area contributed by atoms with Crippen molar-refractivity contribution in [2.75, 3.05) is 26.4 Å². The number of allylic oxidation sites excluding steroid dienone is 12. The first-order chi connectivity index (χ1) is 39.8. The average molecular weight is 1160 g/mol. The van der Waals surface area contributed by atoms with Crippen molar-refractivity contribution in [3.8, 4) is 0 Å². The summed E-state index contributed by atoms with van der Waals surface area (Å²) in [7, 11) is -4.39. The molecule has 0 saturated heterocycles. The van der Waals surface area contributed by atoms with E-state index >= 15 is 0 Å². The zero-order valence-corrected chi connectivity index (χ0v) is 53.9. The summed E-state index contributed by atoms with van der Waals surface area (Å²) in [6.07, 6.45) is 87.1. The molecular formula is C71H130NO8P. The van der Waals surface area contributed by atoms with Gasteiger partial charge in [0.05, 0.1) is 13.2 Å². The standard InChI is InChI=1S/C71H130NO8P/c1-3-5-7-9-11-13-15-17-19-21-23-25-27-29-31-33-34-36-38-40-42-44-46-48-50-52-54-56-58-60-62-64-71(74)80-69(68-79-81(75,76)78-66-65-72)67-77-70(73)63-61-59-57-55-53-51-49-47-45-43-41-39-37-35-32-30-28-26-24-22-20-18-16-14-12-10-8-6-4-2/h5,7,11,13,17,19,23,25,29,31,34,36,69H,3-4,6,8-10,12,14-16,18,20-22,24,26-28,30,32-33,35,37-68,72H2,1-2H3,(H,75,76)/b7-5-,13-11-,19-17-,25-23-,31-29-,36-34-. The normalized spacial score (nSPS) is 13.4. The van der Waals surface area contributed by atoms with Crippen LogP contribution >= 0.6 is 7.82 Å². The predicted octanol–water partition coefficient (Wildman–Crippen LogP) is 22.4. The van der Waals surface area contributed by atoms with Crippen LogP contribution in [0.25, 0.3) is 0 Å². The molecule has 10 heteroatoms. The summed E-state index contributed by atoms with van der Waals surface area (Å²) < 4.78 is 33.2. The van der Waals surface area contributed by atoms with E-state index in [1.807, 2.05) is 0 Å². The second kappa shape index (κ2) is 66.6. The van der Waals surface area contributed by atoms with E-state index in [2.05, 4.69) is 86.8 Å². The number of hydrogen-bond acceptors (Lipinski definition) is 8. The number of ether oxygens (including phenoxy) is 2. The van der Waals surface area contributed by atoms with Crippen molar-refractivity contribution in [2.24, 2.45) is 5.73 Å². The first kappa shape index (κ1) is 78.5. The molecule has 0 saturated carbocycles. The molecule has 0 aliphatic rings. The van der Waals surface area contributed by atoms with Crippen molar-refractivity contribution >= 4 is 19.8 Å². The molecule has 2 unspecified atom stereocenters. The molecule has 81 heavy (non-hydrogen) atoms. The molecule has 0 radical (unpaired) electrons. The van der Waals surface area contributed by atoms with E-state index in [4.69, 9.17) is 24.3 Å². The molecule has 0 heterocycles. The summed E-state index contributed by atoms with van der Waals surface area (Å²) >= 11 is 0. The monoisotopic (exact) mass is 1160 g/mol. The van der Waals surface area contributed by atoms with Crippen LogP contribution in [0.3, 0.4) is 0 Å². The second-order valence-electron chi connectivity index (χ2n) is 23.0. The Kier molecular flexibility index (Phi) is 64.5. The molecule has 472 valence electrons. The van der Waals surface area contributed by atoms with Crippen molar-refractivity contribution in [1.29, 1.82) is 0 Å². The van der Waals surface area contributed by atoms with E-state index in [0.29, 0.717) is 6.42 Å². The fraction of sp³-hybridized carbons (Fsp3) is 0.803. The summed E-state index contributed by atoms with van der Waals surface area (Å²) in [6, 6.07) is 0. The smallest absolute Gasteiger partial charge is 0.462 e. The van der Waals surface area contributed by atoms with Crippen molar-refractivity contribution in [3.63, 3.8) is 0 Å². The van der Waals surface area contributed by atoms with E-state index in [9.17, 15) is 19.0 Å².